The van der Waals surface area contributed by atoms with E-state index in [1.165, 1.54) is 29.2 Å². The molecule has 2 heterocycles. The highest BCUT2D eigenvalue weighted by atomic mass is 35.5. The first-order valence-electron chi connectivity index (χ1n) is 6.17. The third kappa shape index (κ3) is 3.19. The van der Waals surface area contributed by atoms with Crippen LogP contribution in [0.3, 0.4) is 0 Å². The number of hydrogen-bond acceptors (Lipinski definition) is 4. The van der Waals surface area contributed by atoms with Gasteiger partial charge >= 0.3 is 0 Å². The molecule has 0 atom stereocenters. The van der Waals surface area contributed by atoms with Crippen molar-refractivity contribution in [2.24, 2.45) is 0 Å². The van der Waals surface area contributed by atoms with E-state index in [1.54, 1.807) is 6.07 Å². The molecular formula is C13H13ClN4O3. The molecule has 0 saturated heterocycles. The predicted molar refractivity (Wildman–Crippen MR) is 78.7 cm³/mol. The summed E-state index contributed by atoms with van der Waals surface area (Å²) in [7, 11) is 0. The summed E-state index contributed by atoms with van der Waals surface area (Å²) < 4.78 is 1.54. The van der Waals surface area contributed by atoms with E-state index in [4.69, 9.17) is 11.6 Å². The van der Waals surface area contributed by atoms with Gasteiger partial charge in [-0.05, 0) is 19.9 Å². The predicted octanol–water partition coefficient (Wildman–Crippen LogP) is 3.28. The third-order valence-corrected chi connectivity index (χ3v) is 3.18. The van der Waals surface area contributed by atoms with Crippen LogP contribution in [0.1, 0.15) is 30.4 Å². The van der Waals surface area contributed by atoms with E-state index in [-0.39, 0.29) is 17.4 Å². The molecule has 1 N–H and O–H groups in total. The molecule has 0 fully saturated rings. The zero-order chi connectivity index (χ0) is 15.6. The van der Waals surface area contributed by atoms with Gasteiger partial charge in [0.15, 0.2) is 0 Å². The molecule has 2 aromatic rings. The van der Waals surface area contributed by atoms with Crippen molar-refractivity contribution in [2.45, 2.75) is 19.9 Å². The Hall–Kier alpha value is -2.41. The molecule has 0 spiro atoms. The maximum atomic E-state index is 12.3. The van der Waals surface area contributed by atoms with Crippen molar-refractivity contribution < 1.29 is 9.72 Å². The second-order valence-corrected chi connectivity index (χ2v) is 5.06. The average Bonchev–Trinajstić information content (AvgIpc) is 2.87. The summed E-state index contributed by atoms with van der Waals surface area (Å²) in [5.74, 6) is -0.480. The zero-order valence-electron chi connectivity index (χ0n) is 11.4. The van der Waals surface area contributed by atoms with Crippen LogP contribution in [0, 0.1) is 10.1 Å². The lowest BCUT2D eigenvalue weighted by molar-refractivity contribution is -0.384. The minimum atomic E-state index is -0.535. The van der Waals surface area contributed by atoms with Gasteiger partial charge in [0.25, 0.3) is 11.6 Å². The normalized spacial score (nSPS) is 10.7. The number of carbonyl (C=O) groups excluding carboxylic acids is 1. The number of amides is 1. The van der Waals surface area contributed by atoms with Crippen LogP contribution < -0.4 is 5.32 Å². The van der Waals surface area contributed by atoms with Crippen molar-refractivity contribution in [1.82, 2.24) is 9.55 Å². The van der Waals surface area contributed by atoms with E-state index in [2.05, 4.69) is 10.3 Å². The number of rotatable bonds is 4. The molecule has 2 aromatic heterocycles. The van der Waals surface area contributed by atoms with Gasteiger partial charge in [-0.3, -0.25) is 19.9 Å². The molecule has 1 amide bonds. The minimum Gasteiger partial charge on any atom is -0.335 e. The fourth-order valence-corrected chi connectivity index (χ4v) is 1.98. The van der Waals surface area contributed by atoms with E-state index in [9.17, 15) is 14.9 Å². The number of anilines is 1. The first-order chi connectivity index (χ1) is 9.90. The molecule has 21 heavy (non-hydrogen) atoms. The molecule has 0 unspecified atom stereocenters. The van der Waals surface area contributed by atoms with Crippen molar-refractivity contribution >= 4 is 28.9 Å². The molecule has 110 valence electrons. The monoisotopic (exact) mass is 308 g/mol. The quantitative estimate of drug-likeness (QED) is 0.693. The minimum absolute atomic E-state index is 0.0937. The summed E-state index contributed by atoms with van der Waals surface area (Å²) in [6.07, 6.45) is 4.25. The summed E-state index contributed by atoms with van der Waals surface area (Å²) >= 11 is 5.94. The van der Waals surface area contributed by atoms with Gasteiger partial charge < -0.3 is 9.88 Å². The molecule has 0 aromatic carbocycles. The van der Waals surface area contributed by atoms with Crippen molar-refractivity contribution in [1.29, 1.82) is 0 Å². The molecule has 8 heteroatoms. The lowest BCUT2D eigenvalue weighted by Crippen LogP contribution is -2.18. The summed E-state index contributed by atoms with van der Waals surface area (Å²) in [6, 6.07) is 2.68. The number of halogens is 1. The van der Waals surface area contributed by atoms with Crippen LogP contribution in [0.5, 0.6) is 0 Å². The van der Waals surface area contributed by atoms with Crippen LogP contribution >= 0.6 is 11.6 Å². The average molecular weight is 309 g/mol. The van der Waals surface area contributed by atoms with Gasteiger partial charge in [0.05, 0.1) is 28.0 Å². The Balaban J connectivity index is 2.35. The van der Waals surface area contributed by atoms with E-state index >= 15 is 0 Å². The first-order valence-corrected chi connectivity index (χ1v) is 6.55. The molecule has 0 aliphatic heterocycles. The Kier molecular flexibility index (Phi) is 4.23. The Labute approximate surface area is 125 Å². The van der Waals surface area contributed by atoms with E-state index in [0.717, 1.165) is 0 Å². The first kappa shape index (κ1) is 15.0. The maximum absolute atomic E-state index is 12.3. The molecule has 7 nitrogen and oxygen atoms in total. The number of carbonyl (C=O) groups is 1. The van der Waals surface area contributed by atoms with Gasteiger partial charge in [-0.15, -0.1) is 0 Å². The number of aromatic nitrogens is 2. The van der Waals surface area contributed by atoms with E-state index in [1.807, 2.05) is 13.8 Å². The van der Waals surface area contributed by atoms with Gasteiger partial charge in [-0.1, -0.05) is 11.6 Å². The third-order valence-electron chi connectivity index (χ3n) is 2.85. The highest BCUT2D eigenvalue weighted by molar-refractivity contribution is 6.33. The summed E-state index contributed by atoms with van der Waals surface area (Å²) in [5.41, 5.74) is 0.408. The maximum Gasteiger partial charge on any atom is 0.287 e. The Bertz CT molecular complexity index is 696. The van der Waals surface area contributed by atoms with Crippen molar-refractivity contribution in [2.75, 3.05) is 5.32 Å². The Morgan fingerprint density at radius 2 is 2.24 bits per heavy atom. The van der Waals surface area contributed by atoms with Gasteiger partial charge in [0.2, 0.25) is 0 Å². The lowest BCUT2D eigenvalue weighted by atomic mass is 10.3. The van der Waals surface area contributed by atoms with Crippen LogP contribution in [0.4, 0.5) is 11.4 Å². The molecular weight excluding hydrogens is 296 g/mol. The summed E-state index contributed by atoms with van der Waals surface area (Å²) in [5, 5.41) is 13.8. The van der Waals surface area contributed by atoms with Crippen LogP contribution in [0.25, 0.3) is 0 Å². The van der Waals surface area contributed by atoms with Crippen molar-refractivity contribution in [3.8, 4) is 0 Å². The fourth-order valence-electron chi connectivity index (χ4n) is 1.83. The molecule has 0 saturated carbocycles. The van der Waals surface area contributed by atoms with Gasteiger partial charge in [0.1, 0.15) is 5.69 Å². The SMILES string of the molecule is CC(C)n1cc([N+](=O)[O-])cc1C(=O)Nc1cnccc1Cl. The van der Waals surface area contributed by atoms with Crippen LogP contribution in [0.2, 0.25) is 5.02 Å². The zero-order valence-corrected chi connectivity index (χ0v) is 12.2. The molecule has 0 aliphatic rings. The number of nitrogens with one attached hydrogen (secondary N) is 1. The fraction of sp³-hybridized carbons (Fsp3) is 0.231. The van der Waals surface area contributed by atoms with Gasteiger partial charge in [-0.2, -0.15) is 0 Å². The number of nitrogens with zero attached hydrogens (tertiary/aromatic N) is 3. The highest BCUT2D eigenvalue weighted by Gasteiger charge is 2.21. The van der Waals surface area contributed by atoms with E-state index < -0.39 is 10.8 Å². The second kappa shape index (κ2) is 5.92. The van der Waals surface area contributed by atoms with Gasteiger partial charge in [0, 0.05) is 18.3 Å². The molecule has 2 rings (SSSR count). The van der Waals surface area contributed by atoms with Crippen LogP contribution in [-0.4, -0.2) is 20.4 Å². The summed E-state index contributed by atoms with van der Waals surface area (Å²) in [6.45, 7) is 3.66. The number of nitro groups is 1. The molecule has 0 bridgehead atoms. The number of pyridine rings is 1. The standard InChI is InChI=1S/C13H13ClN4O3/c1-8(2)17-7-9(18(20)21)5-12(17)13(19)16-11-6-15-4-3-10(11)14/h3-8H,1-2H3,(H,16,19). The molecule has 0 radical (unpaired) electrons. The second-order valence-electron chi connectivity index (χ2n) is 4.65. The largest absolute Gasteiger partial charge is 0.335 e. The topological polar surface area (TPSA) is 90.1 Å². The van der Waals surface area contributed by atoms with Crippen molar-refractivity contribution in [3.05, 3.63) is 51.6 Å². The van der Waals surface area contributed by atoms with E-state index in [0.29, 0.717) is 10.7 Å². The lowest BCUT2D eigenvalue weighted by Gasteiger charge is -2.12. The highest BCUT2D eigenvalue weighted by Crippen LogP contribution is 2.24. The Morgan fingerprint density at radius 3 is 2.81 bits per heavy atom. The van der Waals surface area contributed by atoms with Crippen molar-refractivity contribution in [3.63, 3.8) is 0 Å². The molecule has 0 aliphatic carbocycles. The number of hydrogen-bond donors (Lipinski definition) is 1. The smallest absolute Gasteiger partial charge is 0.287 e. The van der Waals surface area contributed by atoms with Gasteiger partial charge in [-0.25, -0.2) is 0 Å². The summed E-state index contributed by atoms with van der Waals surface area (Å²) in [4.78, 5) is 26.5. The van der Waals surface area contributed by atoms with Crippen LogP contribution in [0.15, 0.2) is 30.7 Å². The Morgan fingerprint density at radius 1 is 1.52 bits per heavy atom. The van der Waals surface area contributed by atoms with Crippen LogP contribution in [-0.2, 0) is 0 Å².